The molecule has 1 N–H and O–H groups in total. The van der Waals surface area contributed by atoms with Crippen molar-refractivity contribution >= 4 is 11.9 Å². The number of nitrogens with zero attached hydrogens (tertiary/aromatic N) is 3. The number of carbonyl (C=O) groups is 1. The zero-order valence-electron chi connectivity index (χ0n) is 13.8. The minimum Gasteiger partial charge on any atom is -0.481 e. The molecule has 126 valence electrons. The molecule has 1 aromatic rings. The monoisotopic (exact) mass is 318 g/mol. The zero-order valence-corrected chi connectivity index (χ0v) is 13.8. The Morgan fingerprint density at radius 2 is 2.04 bits per heavy atom. The Bertz CT molecular complexity index is 531. The number of ether oxygens (including phenoxy) is 1. The number of rotatable bonds is 4. The van der Waals surface area contributed by atoms with Crippen molar-refractivity contribution in [2.75, 3.05) is 25.5 Å². The van der Waals surface area contributed by atoms with Gasteiger partial charge >= 0.3 is 0 Å². The predicted octanol–water partition coefficient (Wildman–Crippen LogP) is 2.47. The van der Waals surface area contributed by atoms with Crippen LogP contribution in [0.3, 0.4) is 0 Å². The molecule has 0 bridgehead atoms. The minimum absolute atomic E-state index is 0.204. The van der Waals surface area contributed by atoms with Gasteiger partial charge in [0.15, 0.2) is 0 Å². The number of methoxy groups -OCH3 is 1. The van der Waals surface area contributed by atoms with Crippen molar-refractivity contribution in [1.82, 2.24) is 14.9 Å². The first-order valence-electron chi connectivity index (χ1n) is 8.68. The summed E-state index contributed by atoms with van der Waals surface area (Å²) in [4.78, 5) is 23.3. The second kappa shape index (κ2) is 7.62. The molecule has 1 saturated heterocycles. The average molecular weight is 318 g/mol. The molecule has 2 fully saturated rings. The summed E-state index contributed by atoms with van der Waals surface area (Å²) in [6, 6.07) is 1.93. The lowest BCUT2D eigenvalue weighted by Gasteiger charge is -2.27. The first-order chi connectivity index (χ1) is 11.3. The van der Waals surface area contributed by atoms with Gasteiger partial charge in [-0.05, 0) is 32.1 Å². The molecule has 6 heteroatoms. The van der Waals surface area contributed by atoms with Crippen LogP contribution in [-0.4, -0.2) is 47.0 Å². The summed E-state index contributed by atoms with van der Waals surface area (Å²) >= 11 is 0. The van der Waals surface area contributed by atoms with Crippen LogP contribution in [0, 0.1) is 5.92 Å². The van der Waals surface area contributed by atoms with Crippen molar-refractivity contribution in [2.24, 2.45) is 5.92 Å². The maximum Gasteiger partial charge on any atom is 0.226 e. The van der Waals surface area contributed by atoms with Gasteiger partial charge in [0.05, 0.1) is 7.11 Å². The Hall–Kier alpha value is -1.85. The van der Waals surface area contributed by atoms with Crippen molar-refractivity contribution in [1.29, 1.82) is 0 Å². The first kappa shape index (κ1) is 16.0. The molecule has 3 rings (SSSR count). The quantitative estimate of drug-likeness (QED) is 0.923. The third kappa shape index (κ3) is 4.12. The van der Waals surface area contributed by atoms with Crippen LogP contribution in [-0.2, 0) is 4.79 Å². The van der Waals surface area contributed by atoms with Crippen LogP contribution < -0.4 is 10.1 Å². The molecular formula is C17H26N4O2. The average Bonchev–Trinajstić information content (AvgIpc) is 3.02. The molecule has 0 spiro atoms. The standard InChI is InChI=1S/C17H26N4O2/c1-23-15-9-10-18-17(20-15)19-14-8-4-5-11-21(12-14)16(22)13-6-2-3-7-13/h9-10,13-14H,2-8,11-12H2,1H3,(H,18,19,20). The number of anilines is 1. The fourth-order valence-corrected chi connectivity index (χ4v) is 3.60. The second-order valence-corrected chi connectivity index (χ2v) is 6.53. The predicted molar refractivity (Wildman–Crippen MR) is 88.4 cm³/mol. The van der Waals surface area contributed by atoms with Crippen LogP contribution in [0.25, 0.3) is 0 Å². The van der Waals surface area contributed by atoms with Crippen LogP contribution in [0.5, 0.6) is 5.88 Å². The summed E-state index contributed by atoms with van der Waals surface area (Å²) < 4.78 is 5.14. The Kier molecular flexibility index (Phi) is 5.31. The van der Waals surface area contributed by atoms with E-state index in [0.717, 1.165) is 45.2 Å². The van der Waals surface area contributed by atoms with Crippen LogP contribution in [0.2, 0.25) is 0 Å². The maximum atomic E-state index is 12.7. The molecule has 23 heavy (non-hydrogen) atoms. The highest BCUT2D eigenvalue weighted by molar-refractivity contribution is 5.79. The molecule has 0 radical (unpaired) electrons. The lowest BCUT2D eigenvalue weighted by Crippen LogP contribution is -2.42. The summed E-state index contributed by atoms with van der Waals surface area (Å²) in [6.45, 7) is 1.63. The number of hydrogen-bond donors (Lipinski definition) is 1. The van der Waals surface area contributed by atoms with Gasteiger partial charge in [-0.25, -0.2) is 4.98 Å². The van der Waals surface area contributed by atoms with Crippen LogP contribution >= 0.6 is 0 Å². The van der Waals surface area contributed by atoms with Crippen LogP contribution in [0.15, 0.2) is 12.3 Å². The minimum atomic E-state index is 0.204. The molecule has 1 atom stereocenters. The third-order valence-electron chi connectivity index (χ3n) is 4.86. The largest absolute Gasteiger partial charge is 0.481 e. The number of carbonyl (C=O) groups excluding carboxylic acids is 1. The molecule has 1 aromatic heterocycles. The van der Waals surface area contributed by atoms with Crippen molar-refractivity contribution in [3.8, 4) is 5.88 Å². The van der Waals surface area contributed by atoms with Gasteiger partial charge in [0.25, 0.3) is 0 Å². The van der Waals surface area contributed by atoms with E-state index in [1.165, 1.54) is 12.8 Å². The Morgan fingerprint density at radius 1 is 1.26 bits per heavy atom. The van der Waals surface area contributed by atoms with Crippen molar-refractivity contribution < 1.29 is 9.53 Å². The normalized spacial score (nSPS) is 22.7. The summed E-state index contributed by atoms with van der Waals surface area (Å²) in [7, 11) is 1.60. The molecule has 1 saturated carbocycles. The number of amides is 1. The second-order valence-electron chi connectivity index (χ2n) is 6.53. The van der Waals surface area contributed by atoms with Gasteiger partial charge in [-0.15, -0.1) is 0 Å². The van der Waals surface area contributed by atoms with Gasteiger partial charge < -0.3 is 15.0 Å². The highest BCUT2D eigenvalue weighted by atomic mass is 16.5. The van der Waals surface area contributed by atoms with E-state index >= 15 is 0 Å². The Labute approximate surface area is 137 Å². The molecule has 1 unspecified atom stereocenters. The van der Waals surface area contributed by atoms with Gasteiger partial charge in [-0.1, -0.05) is 12.8 Å². The van der Waals surface area contributed by atoms with Crippen LogP contribution in [0.1, 0.15) is 44.9 Å². The molecule has 1 aliphatic carbocycles. The van der Waals surface area contributed by atoms with Crippen LogP contribution in [0.4, 0.5) is 5.95 Å². The fraction of sp³-hybridized carbons (Fsp3) is 0.706. The smallest absolute Gasteiger partial charge is 0.226 e. The van der Waals surface area contributed by atoms with Gasteiger partial charge in [0, 0.05) is 37.3 Å². The summed E-state index contributed by atoms with van der Waals surface area (Å²) in [6.07, 6.45) is 9.44. The van der Waals surface area contributed by atoms with E-state index in [1.807, 2.05) is 0 Å². The molecule has 1 aliphatic heterocycles. The number of aromatic nitrogens is 2. The van der Waals surface area contributed by atoms with Gasteiger partial charge in [-0.2, -0.15) is 4.98 Å². The molecule has 0 aromatic carbocycles. The Balaban J connectivity index is 1.63. The van der Waals surface area contributed by atoms with E-state index in [0.29, 0.717) is 17.7 Å². The maximum absolute atomic E-state index is 12.7. The van der Waals surface area contributed by atoms with Gasteiger partial charge in [-0.3, -0.25) is 4.79 Å². The Morgan fingerprint density at radius 3 is 2.83 bits per heavy atom. The topological polar surface area (TPSA) is 67.3 Å². The van der Waals surface area contributed by atoms with Gasteiger partial charge in [0.1, 0.15) is 0 Å². The number of nitrogens with one attached hydrogen (secondary N) is 1. The lowest BCUT2D eigenvalue weighted by molar-refractivity contribution is -0.135. The summed E-state index contributed by atoms with van der Waals surface area (Å²) in [5, 5.41) is 3.37. The molecule has 6 nitrogen and oxygen atoms in total. The first-order valence-corrected chi connectivity index (χ1v) is 8.68. The molecule has 1 amide bonds. The SMILES string of the molecule is COc1ccnc(NC2CCCCN(C(=O)C3CCCC3)C2)n1. The van der Waals surface area contributed by atoms with Crippen molar-refractivity contribution in [3.05, 3.63) is 12.3 Å². The lowest BCUT2D eigenvalue weighted by atomic mass is 10.1. The third-order valence-corrected chi connectivity index (χ3v) is 4.86. The van der Waals surface area contributed by atoms with Gasteiger partial charge in [0.2, 0.25) is 17.7 Å². The molecule has 2 heterocycles. The van der Waals surface area contributed by atoms with E-state index < -0.39 is 0 Å². The molecule has 2 aliphatic rings. The van der Waals surface area contributed by atoms with Crippen molar-refractivity contribution in [2.45, 2.75) is 51.0 Å². The van der Waals surface area contributed by atoms with E-state index in [1.54, 1.807) is 19.4 Å². The van der Waals surface area contributed by atoms with E-state index in [9.17, 15) is 4.79 Å². The number of hydrogen-bond acceptors (Lipinski definition) is 5. The fourth-order valence-electron chi connectivity index (χ4n) is 3.60. The highest BCUT2D eigenvalue weighted by Crippen LogP contribution is 2.27. The van der Waals surface area contributed by atoms with E-state index in [-0.39, 0.29) is 12.0 Å². The van der Waals surface area contributed by atoms with E-state index in [4.69, 9.17) is 4.74 Å². The zero-order chi connectivity index (χ0) is 16.1. The summed E-state index contributed by atoms with van der Waals surface area (Å²) in [5.41, 5.74) is 0. The van der Waals surface area contributed by atoms with E-state index in [2.05, 4.69) is 20.2 Å². The van der Waals surface area contributed by atoms with Crippen molar-refractivity contribution in [3.63, 3.8) is 0 Å². The summed E-state index contributed by atoms with van der Waals surface area (Å²) in [5.74, 6) is 1.73. The highest BCUT2D eigenvalue weighted by Gasteiger charge is 2.29. The molecular weight excluding hydrogens is 292 g/mol. The number of likely N-dealkylation sites (tertiary alicyclic amines) is 1.